The summed E-state index contributed by atoms with van der Waals surface area (Å²) in [4.78, 5) is 12.4. The van der Waals surface area contributed by atoms with E-state index >= 15 is 0 Å². The van der Waals surface area contributed by atoms with E-state index in [9.17, 15) is 4.79 Å². The smallest absolute Gasteiger partial charge is 0.284 e. The number of aromatic amines is 2. The minimum absolute atomic E-state index is 0.299. The molecule has 0 aliphatic heterocycles. The molecule has 38 valence electrons. The Morgan fingerprint density at radius 3 is 2.57 bits per heavy atom. The summed E-state index contributed by atoms with van der Waals surface area (Å²) in [5, 5.41) is 5.60. The van der Waals surface area contributed by atoms with Crippen molar-refractivity contribution in [1.29, 1.82) is 0 Å². The number of nitrogens with one attached hydrogen (secondary N) is 2. The van der Waals surface area contributed by atoms with Crippen molar-refractivity contribution in [3.63, 3.8) is 0 Å². The summed E-state index contributed by atoms with van der Waals surface area (Å²) in [6.45, 7) is 0. The number of aromatic nitrogens is 3. The van der Waals surface area contributed by atoms with Gasteiger partial charge in [0, 0.05) is 0 Å². The number of H-pyrrole nitrogens is 2. The van der Waals surface area contributed by atoms with Crippen LogP contribution in [0.5, 0.6) is 0 Å². The lowest BCUT2D eigenvalue weighted by atomic mass is 11.3. The molecule has 2 N–H and O–H groups in total. The van der Waals surface area contributed by atoms with Crippen LogP contribution in [-0.2, 0) is 0 Å². The maximum Gasteiger partial charge on any atom is 0.341 e. The molecule has 0 radical (unpaired) electrons. The van der Waals surface area contributed by atoms with Gasteiger partial charge in [0.2, 0.25) is 0 Å². The first-order valence-corrected chi connectivity index (χ1v) is 2.38. The van der Waals surface area contributed by atoms with Crippen LogP contribution in [-0.4, -0.2) is 15.2 Å². The first kappa shape index (κ1) is 4.58. The SMILES string of the molecule is O=c1[nH]nc(Br)[nH]1. The molecule has 0 unspecified atom stereocenters. The van der Waals surface area contributed by atoms with Crippen molar-refractivity contribution in [2.24, 2.45) is 0 Å². The normalized spacial score (nSPS) is 9.29. The lowest BCUT2D eigenvalue weighted by Crippen LogP contribution is -1.99. The van der Waals surface area contributed by atoms with Gasteiger partial charge in [0.15, 0.2) is 4.73 Å². The van der Waals surface area contributed by atoms with E-state index in [1.165, 1.54) is 0 Å². The number of hydrogen-bond donors (Lipinski definition) is 2. The summed E-state index contributed by atoms with van der Waals surface area (Å²) in [7, 11) is 0. The fraction of sp³-hybridized carbons (Fsp3) is 0. The number of halogens is 1. The van der Waals surface area contributed by atoms with Crippen LogP contribution in [0, 0.1) is 0 Å². The summed E-state index contributed by atoms with van der Waals surface area (Å²) in [5.41, 5.74) is -0.299. The Hall–Kier alpha value is -0.580. The van der Waals surface area contributed by atoms with E-state index in [2.05, 4.69) is 31.1 Å². The van der Waals surface area contributed by atoms with Gasteiger partial charge >= 0.3 is 5.69 Å². The van der Waals surface area contributed by atoms with Crippen LogP contribution < -0.4 is 5.69 Å². The summed E-state index contributed by atoms with van der Waals surface area (Å²) in [5.74, 6) is 0. The van der Waals surface area contributed by atoms with Crippen molar-refractivity contribution in [3.8, 4) is 0 Å². The van der Waals surface area contributed by atoms with E-state index in [0.717, 1.165) is 0 Å². The largest absolute Gasteiger partial charge is 0.341 e. The van der Waals surface area contributed by atoms with Gasteiger partial charge in [-0.05, 0) is 15.9 Å². The molecule has 4 nitrogen and oxygen atoms in total. The van der Waals surface area contributed by atoms with Gasteiger partial charge in [-0.15, -0.1) is 5.10 Å². The molecule has 7 heavy (non-hydrogen) atoms. The third-order valence-corrected chi connectivity index (χ3v) is 0.848. The molecular formula is C2H2BrN3O. The van der Waals surface area contributed by atoms with Gasteiger partial charge in [-0.25, -0.2) is 9.89 Å². The molecule has 0 aliphatic carbocycles. The molecule has 1 rings (SSSR count). The maximum absolute atomic E-state index is 10.1. The highest BCUT2D eigenvalue weighted by atomic mass is 79.9. The zero-order valence-electron chi connectivity index (χ0n) is 3.23. The molecule has 0 saturated heterocycles. The molecule has 0 aromatic carbocycles. The molecule has 1 aromatic heterocycles. The third-order valence-electron chi connectivity index (χ3n) is 0.472. The lowest BCUT2D eigenvalue weighted by molar-refractivity contribution is 1.04. The Bertz CT molecular complexity index is 201. The summed E-state index contributed by atoms with van der Waals surface area (Å²) in [6.07, 6.45) is 0. The quantitative estimate of drug-likeness (QED) is 0.560. The van der Waals surface area contributed by atoms with Crippen LogP contribution in [0.15, 0.2) is 9.53 Å². The van der Waals surface area contributed by atoms with E-state index in [1.54, 1.807) is 0 Å². The van der Waals surface area contributed by atoms with Gasteiger partial charge in [0.25, 0.3) is 0 Å². The van der Waals surface area contributed by atoms with E-state index in [4.69, 9.17) is 0 Å². The minimum atomic E-state index is -0.299. The Balaban J connectivity index is 3.30. The summed E-state index contributed by atoms with van der Waals surface area (Å²) < 4.78 is 0.428. The average molecular weight is 164 g/mol. The lowest BCUT2D eigenvalue weighted by Gasteiger charge is -1.62. The van der Waals surface area contributed by atoms with E-state index in [-0.39, 0.29) is 5.69 Å². The predicted octanol–water partition coefficient (Wildman–Crippen LogP) is -0.140. The van der Waals surface area contributed by atoms with Gasteiger partial charge in [-0.3, -0.25) is 4.98 Å². The van der Waals surface area contributed by atoms with Gasteiger partial charge in [0.1, 0.15) is 0 Å². The Kier molecular flexibility index (Phi) is 0.976. The van der Waals surface area contributed by atoms with Crippen molar-refractivity contribution in [1.82, 2.24) is 15.2 Å². The van der Waals surface area contributed by atoms with Crippen LogP contribution in [0.2, 0.25) is 0 Å². The fourth-order valence-corrected chi connectivity index (χ4v) is 0.518. The first-order chi connectivity index (χ1) is 3.29. The molecule has 0 bridgehead atoms. The maximum atomic E-state index is 10.1. The van der Waals surface area contributed by atoms with Gasteiger partial charge in [0.05, 0.1) is 0 Å². The van der Waals surface area contributed by atoms with Crippen molar-refractivity contribution in [3.05, 3.63) is 15.2 Å². The zero-order valence-corrected chi connectivity index (χ0v) is 4.82. The molecule has 5 heteroatoms. The highest BCUT2D eigenvalue weighted by Gasteiger charge is 1.85. The van der Waals surface area contributed by atoms with Crippen molar-refractivity contribution >= 4 is 15.9 Å². The summed E-state index contributed by atoms with van der Waals surface area (Å²) >= 11 is 2.93. The molecule has 0 atom stereocenters. The summed E-state index contributed by atoms with van der Waals surface area (Å²) in [6, 6.07) is 0. The van der Waals surface area contributed by atoms with E-state index in [1.807, 2.05) is 0 Å². The van der Waals surface area contributed by atoms with Crippen LogP contribution in [0.25, 0.3) is 0 Å². The molecule has 0 spiro atoms. The molecule has 1 heterocycles. The number of hydrogen-bond acceptors (Lipinski definition) is 2. The topological polar surface area (TPSA) is 61.5 Å². The monoisotopic (exact) mass is 163 g/mol. The van der Waals surface area contributed by atoms with Crippen molar-refractivity contribution < 1.29 is 0 Å². The van der Waals surface area contributed by atoms with Crippen LogP contribution in [0.3, 0.4) is 0 Å². The van der Waals surface area contributed by atoms with Gasteiger partial charge in [-0.2, -0.15) is 0 Å². The number of rotatable bonds is 0. The standard InChI is InChI=1S/C2H2BrN3O/c3-1-4-2(7)6-5-1/h(H2,4,5,6,7). The van der Waals surface area contributed by atoms with Gasteiger partial charge < -0.3 is 0 Å². The highest BCUT2D eigenvalue weighted by molar-refractivity contribution is 9.10. The molecule has 0 aliphatic rings. The van der Waals surface area contributed by atoms with Crippen molar-refractivity contribution in [2.45, 2.75) is 0 Å². The van der Waals surface area contributed by atoms with E-state index in [0.29, 0.717) is 4.73 Å². The second-order valence-electron chi connectivity index (χ2n) is 0.969. The molecule has 1 aromatic rings. The molecular weight excluding hydrogens is 162 g/mol. The van der Waals surface area contributed by atoms with Gasteiger partial charge in [-0.1, -0.05) is 0 Å². The molecule has 0 saturated carbocycles. The Morgan fingerprint density at radius 2 is 2.43 bits per heavy atom. The number of nitrogens with zero attached hydrogens (tertiary/aromatic N) is 1. The third kappa shape index (κ3) is 0.894. The first-order valence-electron chi connectivity index (χ1n) is 1.59. The fourth-order valence-electron chi connectivity index (χ4n) is 0.249. The van der Waals surface area contributed by atoms with Crippen LogP contribution in [0.4, 0.5) is 0 Å². The Morgan fingerprint density at radius 1 is 1.71 bits per heavy atom. The molecule has 0 fully saturated rings. The second-order valence-corrected chi connectivity index (χ2v) is 1.72. The van der Waals surface area contributed by atoms with Crippen molar-refractivity contribution in [2.75, 3.05) is 0 Å². The van der Waals surface area contributed by atoms with E-state index < -0.39 is 0 Å². The zero-order chi connectivity index (χ0) is 5.28. The molecule has 0 amide bonds. The second kappa shape index (κ2) is 1.49. The van der Waals surface area contributed by atoms with Crippen LogP contribution >= 0.6 is 15.9 Å². The minimum Gasteiger partial charge on any atom is -0.284 e. The predicted molar refractivity (Wildman–Crippen MR) is 26.9 cm³/mol. The highest BCUT2D eigenvalue weighted by Crippen LogP contribution is 1.90. The Labute approximate surface area is 47.1 Å². The van der Waals surface area contributed by atoms with Crippen LogP contribution in [0.1, 0.15) is 0 Å². The average Bonchev–Trinajstić information content (AvgIpc) is 1.87.